The third-order valence-corrected chi connectivity index (χ3v) is 7.21. The molecule has 11 heteroatoms. The molecule has 0 saturated carbocycles. The molecule has 2 aromatic carbocycles. The molecule has 1 N–H and O–H groups in total. The standard InChI is InChI=1S/C21H23F4N3O3S/c22-16-4-2-15(3-5-16)20(14-27-12-17(13-27)28-10-1-11-28)26-32(29,30)19-8-6-18(7-9-19)31-21(23,24)25/h2-9,17,20,26H,1,10-14H2/t20-/m1/s1. The lowest BCUT2D eigenvalue weighted by Gasteiger charge is -2.49. The van der Waals surface area contributed by atoms with Crippen LogP contribution >= 0.6 is 0 Å². The number of nitrogens with one attached hydrogen (secondary N) is 1. The van der Waals surface area contributed by atoms with Crippen LogP contribution < -0.4 is 9.46 Å². The minimum atomic E-state index is -4.86. The lowest BCUT2D eigenvalue weighted by Crippen LogP contribution is -2.63. The molecular formula is C21H23F4N3O3S. The number of hydrogen-bond donors (Lipinski definition) is 1. The van der Waals surface area contributed by atoms with E-state index in [0.717, 1.165) is 50.4 Å². The summed E-state index contributed by atoms with van der Waals surface area (Å²) in [6.07, 6.45) is -3.67. The molecule has 2 aliphatic rings. The average molecular weight is 473 g/mol. The van der Waals surface area contributed by atoms with E-state index in [1.807, 2.05) is 0 Å². The summed E-state index contributed by atoms with van der Waals surface area (Å²) < 4.78 is 82.7. The molecule has 2 aliphatic heterocycles. The molecule has 0 aromatic heterocycles. The van der Waals surface area contributed by atoms with Gasteiger partial charge in [-0.05, 0) is 61.5 Å². The summed E-state index contributed by atoms with van der Waals surface area (Å²) in [5.41, 5.74) is 0.597. The Bertz CT molecular complexity index is 1020. The smallest absolute Gasteiger partial charge is 0.406 e. The molecule has 0 bridgehead atoms. The number of nitrogens with zero attached hydrogens (tertiary/aromatic N) is 2. The van der Waals surface area contributed by atoms with Crippen LogP contribution in [0.5, 0.6) is 5.75 Å². The maximum atomic E-state index is 13.4. The van der Waals surface area contributed by atoms with Crippen molar-refractivity contribution in [3.05, 3.63) is 59.9 Å². The van der Waals surface area contributed by atoms with Gasteiger partial charge in [-0.3, -0.25) is 9.80 Å². The Balaban J connectivity index is 1.47. The number of rotatable bonds is 8. The highest BCUT2D eigenvalue weighted by Gasteiger charge is 2.36. The molecule has 2 fully saturated rings. The van der Waals surface area contributed by atoms with Crippen molar-refractivity contribution >= 4 is 10.0 Å². The Morgan fingerprint density at radius 3 is 2.19 bits per heavy atom. The molecule has 32 heavy (non-hydrogen) atoms. The van der Waals surface area contributed by atoms with E-state index >= 15 is 0 Å². The molecule has 0 aliphatic carbocycles. The van der Waals surface area contributed by atoms with E-state index in [1.165, 1.54) is 30.7 Å². The predicted octanol–water partition coefficient (Wildman–Crippen LogP) is 3.13. The van der Waals surface area contributed by atoms with Crippen molar-refractivity contribution in [1.29, 1.82) is 0 Å². The van der Waals surface area contributed by atoms with Gasteiger partial charge in [-0.15, -0.1) is 13.2 Å². The first-order valence-corrected chi connectivity index (χ1v) is 11.7. The summed E-state index contributed by atoms with van der Waals surface area (Å²) in [6, 6.07) is 9.38. The largest absolute Gasteiger partial charge is 0.573 e. The van der Waals surface area contributed by atoms with E-state index in [1.54, 1.807) is 0 Å². The molecule has 0 unspecified atom stereocenters. The van der Waals surface area contributed by atoms with Gasteiger partial charge < -0.3 is 4.74 Å². The van der Waals surface area contributed by atoms with Gasteiger partial charge in [-0.25, -0.2) is 17.5 Å². The lowest BCUT2D eigenvalue weighted by atomic mass is 10.00. The Morgan fingerprint density at radius 1 is 1.03 bits per heavy atom. The number of hydrogen-bond acceptors (Lipinski definition) is 5. The van der Waals surface area contributed by atoms with Crippen molar-refractivity contribution in [2.24, 2.45) is 0 Å². The summed E-state index contributed by atoms with van der Waals surface area (Å²) >= 11 is 0. The summed E-state index contributed by atoms with van der Waals surface area (Å²) in [5.74, 6) is -0.943. The minimum Gasteiger partial charge on any atom is -0.406 e. The monoisotopic (exact) mass is 473 g/mol. The average Bonchev–Trinajstić information content (AvgIpc) is 2.63. The molecule has 1 atom stereocenters. The zero-order valence-corrected chi connectivity index (χ0v) is 17.9. The molecule has 2 aromatic rings. The highest BCUT2D eigenvalue weighted by molar-refractivity contribution is 7.89. The molecular weight excluding hydrogens is 450 g/mol. The number of sulfonamides is 1. The normalized spacial score (nSPS) is 19.2. The third kappa shape index (κ3) is 5.58. The summed E-state index contributed by atoms with van der Waals surface area (Å²) in [7, 11) is -4.05. The SMILES string of the molecule is O=S(=O)(N[C@H](CN1CC(N2CCC2)C1)c1ccc(F)cc1)c1ccc(OC(F)(F)F)cc1. The van der Waals surface area contributed by atoms with Crippen LogP contribution in [0.2, 0.25) is 0 Å². The molecule has 0 amide bonds. The van der Waals surface area contributed by atoms with Gasteiger partial charge in [0, 0.05) is 25.7 Å². The van der Waals surface area contributed by atoms with E-state index < -0.39 is 34.0 Å². The van der Waals surface area contributed by atoms with Gasteiger partial charge in [0.05, 0.1) is 10.9 Å². The maximum absolute atomic E-state index is 13.4. The molecule has 174 valence electrons. The van der Waals surface area contributed by atoms with Crippen LogP contribution in [0.25, 0.3) is 0 Å². The molecule has 2 saturated heterocycles. The van der Waals surface area contributed by atoms with Gasteiger partial charge in [-0.1, -0.05) is 12.1 Å². The molecule has 4 rings (SSSR count). The maximum Gasteiger partial charge on any atom is 0.573 e. The van der Waals surface area contributed by atoms with Crippen molar-refractivity contribution in [2.45, 2.75) is 29.8 Å². The van der Waals surface area contributed by atoms with Crippen molar-refractivity contribution in [3.8, 4) is 5.75 Å². The van der Waals surface area contributed by atoms with Crippen LogP contribution in [0.3, 0.4) is 0 Å². The van der Waals surface area contributed by atoms with Gasteiger partial charge >= 0.3 is 6.36 Å². The second-order valence-electron chi connectivity index (χ2n) is 8.01. The van der Waals surface area contributed by atoms with Crippen LogP contribution in [-0.2, 0) is 10.0 Å². The quantitative estimate of drug-likeness (QED) is 0.597. The van der Waals surface area contributed by atoms with Crippen LogP contribution in [0.15, 0.2) is 53.4 Å². The van der Waals surface area contributed by atoms with Crippen molar-refractivity contribution in [3.63, 3.8) is 0 Å². The first-order valence-electron chi connectivity index (χ1n) is 10.2. The lowest BCUT2D eigenvalue weighted by molar-refractivity contribution is -0.274. The zero-order valence-electron chi connectivity index (χ0n) is 17.1. The number of halogens is 4. The fourth-order valence-corrected chi connectivity index (χ4v) is 5.08. The van der Waals surface area contributed by atoms with E-state index in [-0.39, 0.29) is 4.90 Å². The second kappa shape index (κ2) is 8.97. The molecule has 2 heterocycles. The third-order valence-electron chi connectivity index (χ3n) is 5.72. The van der Waals surface area contributed by atoms with Crippen LogP contribution in [-0.4, -0.2) is 63.3 Å². The van der Waals surface area contributed by atoms with Crippen LogP contribution in [0.4, 0.5) is 17.6 Å². The fourth-order valence-electron chi connectivity index (χ4n) is 3.87. The van der Waals surface area contributed by atoms with Crippen LogP contribution in [0.1, 0.15) is 18.0 Å². The number of alkyl halides is 3. The Morgan fingerprint density at radius 2 is 1.66 bits per heavy atom. The molecule has 6 nitrogen and oxygen atoms in total. The highest BCUT2D eigenvalue weighted by Crippen LogP contribution is 2.27. The fraction of sp³-hybridized carbons (Fsp3) is 0.429. The summed E-state index contributed by atoms with van der Waals surface area (Å²) in [6.45, 7) is 4.21. The van der Waals surface area contributed by atoms with Gasteiger partial charge in [0.2, 0.25) is 10.0 Å². The minimum absolute atomic E-state index is 0.193. The Labute approximate surface area is 183 Å². The predicted molar refractivity (Wildman–Crippen MR) is 109 cm³/mol. The first kappa shape index (κ1) is 23.0. The van der Waals surface area contributed by atoms with Crippen molar-refractivity contribution < 1.29 is 30.7 Å². The van der Waals surface area contributed by atoms with Crippen molar-refractivity contribution in [2.75, 3.05) is 32.7 Å². The number of likely N-dealkylation sites (tertiary alicyclic amines) is 2. The topological polar surface area (TPSA) is 61.9 Å². The van der Waals surface area contributed by atoms with E-state index in [4.69, 9.17) is 0 Å². The summed E-state index contributed by atoms with van der Waals surface area (Å²) in [5, 5.41) is 0. The zero-order chi connectivity index (χ0) is 22.9. The van der Waals surface area contributed by atoms with E-state index in [2.05, 4.69) is 19.3 Å². The first-order chi connectivity index (χ1) is 15.1. The van der Waals surface area contributed by atoms with Gasteiger partial charge in [0.25, 0.3) is 0 Å². The van der Waals surface area contributed by atoms with Gasteiger partial charge in [0.1, 0.15) is 11.6 Å². The number of ether oxygens (including phenoxy) is 1. The Kier molecular flexibility index (Phi) is 6.44. The summed E-state index contributed by atoms with van der Waals surface area (Å²) in [4.78, 5) is 4.32. The van der Waals surface area contributed by atoms with Crippen molar-refractivity contribution in [1.82, 2.24) is 14.5 Å². The van der Waals surface area contributed by atoms with Gasteiger partial charge in [-0.2, -0.15) is 0 Å². The van der Waals surface area contributed by atoms with E-state index in [9.17, 15) is 26.0 Å². The Hall–Kier alpha value is -2.21. The highest BCUT2D eigenvalue weighted by atomic mass is 32.2. The number of benzene rings is 2. The van der Waals surface area contributed by atoms with Crippen LogP contribution in [0, 0.1) is 5.82 Å². The second-order valence-corrected chi connectivity index (χ2v) is 9.72. The molecule has 0 spiro atoms. The molecule has 0 radical (unpaired) electrons. The van der Waals surface area contributed by atoms with Gasteiger partial charge in [0.15, 0.2) is 0 Å². The van der Waals surface area contributed by atoms with E-state index in [0.29, 0.717) is 18.2 Å².